The molecule has 3 aromatic rings. The first kappa shape index (κ1) is 17.0. The zero-order chi connectivity index (χ0) is 18.4. The monoisotopic (exact) mass is 349 g/mol. The molecule has 0 atom stereocenters. The summed E-state index contributed by atoms with van der Waals surface area (Å²) in [7, 11) is 0. The predicted octanol–water partition coefficient (Wildman–Crippen LogP) is 3.25. The standard InChI is InChI=1S/C18H15N5O3/c24-18(22-15-7-10-19-11-8-15)14-5-3-13(4-6-14)12-21-17-16(23(25)26)2-1-9-20-17/h1-11H,12H2,(H,20,21)(H,19,22,24). The number of amides is 1. The first-order valence-corrected chi connectivity index (χ1v) is 7.77. The van der Waals surface area contributed by atoms with Crippen molar-refractivity contribution in [1.82, 2.24) is 9.97 Å². The summed E-state index contributed by atoms with van der Waals surface area (Å²) in [5.74, 6) is -0.0203. The summed E-state index contributed by atoms with van der Waals surface area (Å²) in [5.41, 5.74) is 1.96. The third-order valence-electron chi connectivity index (χ3n) is 3.60. The van der Waals surface area contributed by atoms with Crippen LogP contribution in [-0.4, -0.2) is 20.8 Å². The Morgan fingerprint density at radius 2 is 1.77 bits per heavy atom. The molecule has 0 bridgehead atoms. The van der Waals surface area contributed by atoms with E-state index in [0.717, 1.165) is 5.56 Å². The summed E-state index contributed by atoms with van der Waals surface area (Å²) in [6, 6.07) is 13.3. The molecule has 26 heavy (non-hydrogen) atoms. The van der Waals surface area contributed by atoms with Crippen LogP contribution in [-0.2, 0) is 6.54 Å². The topological polar surface area (TPSA) is 110 Å². The van der Waals surface area contributed by atoms with Crippen molar-refractivity contribution in [3.63, 3.8) is 0 Å². The molecule has 8 heteroatoms. The van der Waals surface area contributed by atoms with Gasteiger partial charge < -0.3 is 10.6 Å². The van der Waals surface area contributed by atoms with E-state index >= 15 is 0 Å². The van der Waals surface area contributed by atoms with Gasteiger partial charge in [-0.05, 0) is 35.9 Å². The van der Waals surface area contributed by atoms with Crippen LogP contribution in [0.5, 0.6) is 0 Å². The zero-order valence-electron chi connectivity index (χ0n) is 13.6. The van der Waals surface area contributed by atoms with E-state index in [9.17, 15) is 14.9 Å². The minimum Gasteiger partial charge on any atom is -0.360 e. The highest BCUT2D eigenvalue weighted by Gasteiger charge is 2.13. The summed E-state index contributed by atoms with van der Waals surface area (Å²) >= 11 is 0. The Morgan fingerprint density at radius 3 is 2.46 bits per heavy atom. The van der Waals surface area contributed by atoms with Crippen molar-refractivity contribution in [3.05, 3.63) is 88.4 Å². The van der Waals surface area contributed by atoms with Crippen molar-refractivity contribution < 1.29 is 9.72 Å². The van der Waals surface area contributed by atoms with Gasteiger partial charge in [0.15, 0.2) is 0 Å². The number of carbonyl (C=O) groups is 1. The molecule has 0 spiro atoms. The van der Waals surface area contributed by atoms with E-state index in [1.165, 1.54) is 18.3 Å². The van der Waals surface area contributed by atoms with Gasteiger partial charge in [0.1, 0.15) is 0 Å². The fourth-order valence-electron chi connectivity index (χ4n) is 2.28. The molecule has 130 valence electrons. The highest BCUT2D eigenvalue weighted by Crippen LogP contribution is 2.21. The minimum absolute atomic E-state index is 0.0825. The lowest BCUT2D eigenvalue weighted by atomic mass is 10.1. The van der Waals surface area contributed by atoms with Crippen molar-refractivity contribution in [2.75, 3.05) is 10.6 Å². The average Bonchev–Trinajstić information content (AvgIpc) is 2.67. The van der Waals surface area contributed by atoms with Gasteiger partial charge in [-0.3, -0.25) is 19.9 Å². The molecule has 2 aromatic heterocycles. The van der Waals surface area contributed by atoms with Gasteiger partial charge in [0.25, 0.3) is 5.91 Å². The molecular formula is C18H15N5O3. The maximum Gasteiger partial charge on any atom is 0.311 e. The Bertz CT molecular complexity index is 914. The van der Waals surface area contributed by atoms with Gasteiger partial charge in [-0.15, -0.1) is 0 Å². The number of nitro groups is 1. The van der Waals surface area contributed by atoms with Gasteiger partial charge in [0.05, 0.1) is 4.92 Å². The van der Waals surface area contributed by atoms with Crippen LogP contribution < -0.4 is 10.6 Å². The highest BCUT2D eigenvalue weighted by atomic mass is 16.6. The normalized spacial score (nSPS) is 10.2. The molecule has 1 aromatic carbocycles. The van der Waals surface area contributed by atoms with Crippen molar-refractivity contribution in [2.45, 2.75) is 6.54 Å². The van der Waals surface area contributed by atoms with Crippen molar-refractivity contribution in [1.29, 1.82) is 0 Å². The van der Waals surface area contributed by atoms with Crippen molar-refractivity contribution in [3.8, 4) is 0 Å². The van der Waals surface area contributed by atoms with Crippen LogP contribution in [0, 0.1) is 10.1 Å². The van der Waals surface area contributed by atoms with E-state index in [-0.39, 0.29) is 17.4 Å². The Kier molecular flexibility index (Phi) is 5.14. The lowest BCUT2D eigenvalue weighted by molar-refractivity contribution is -0.384. The molecule has 2 heterocycles. The van der Waals surface area contributed by atoms with Gasteiger partial charge in [-0.2, -0.15) is 0 Å². The number of pyridine rings is 2. The number of nitrogens with zero attached hydrogens (tertiary/aromatic N) is 3. The number of hydrogen-bond donors (Lipinski definition) is 2. The van der Waals surface area contributed by atoms with Crippen LogP contribution in [0.4, 0.5) is 17.2 Å². The Balaban J connectivity index is 1.63. The van der Waals surface area contributed by atoms with Crippen LogP contribution in [0.15, 0.2) is 67.1 Å². The molecule has 0 radical (unpaired) electrons. The minimum atomic E-state index is -0.484. The van der Waals surface area contributed by atoms with Crippen LogP contribution in [0.3, 0.4) is 0 Å². The second kappa shape index (κ2) is 7.84. The Hall–Kier alpha value is -3.81. The highest BCUT2D eigenvalue weighted by molar-refractivity contribution is 6.04. The van der Waals surface area contributed by atoms with E-state index in [2.05, 4.69) is 20.6 Å². The molecular weight excluding hydrogens is 334 g/mol. The number of anilines is 2. The Labute approximate surface area is 149 Å². The molecule has 0 aliphatic rings. The number of benzene rings is 1. The molecule has 0 aliphatic carbocycles. The van der Waals surface area contributed by atoms with Gasteiger partial charge in [0.2, 0.25) is 5.82 Å². The summed E-state index contributed by atoms with van der Waals surface area (Å²) in [4.78, 5) is 30.6. The van der Waals surface area contributed by atoms with Crippen LogP contribution in [0.1, 0.15) is 15.9 Å². The number of nitrogens with one attached hydrogen (secondary N) is 2. The van der Waals surface area contributed by atoms with Gasteiger partial charge in [-0.1, -0.05) is 12.1 Å². The van der Waals surface area contributed by atoms with Gasteiger partial charge in [-0.25, -0.2) is 4.98 Å². The summed E-state index contributed by atoms with van der Waals surface area (Å²) in [6.07, 6.45) is 4.68. The summed E-state index contributed by atoms with van der Waals surface area (Å²) < 4.78 is 0. The first-order chi connectivity index (χ1) is 12.6. The fraction of sp³-hybridized carbons (Fsp3) is 0.0556. The summed E-state index contributed by atoms with van der Waals surface area (Å²) in [5, 5.41) is 16.7. The number of aromatic nitrogens is 2. The van der Waals surface area contributed by atoms with Crippen molar-refractivity contribution >= 4 is 23.1 Å². The van der Waals surface area contributed by atoms with Crippen LogP contribution >= 0.6 is 0 Å². The molecule has 0 aliphatic heterocycles. The second-order valence-corrected chi connectivity index (χ2v) is 5.37. The lowest BCUT2D eigenvalue weighted by Crippen LogP contribution is -2.12. The third kappa shape index (κ3) is 4.18. The first-order valence-electron chi connectivity index (χ1n) is 7.77. The van der Waals surface area contributed by atoms with Crippen LogP contribution in [0.25, 0.3) is 0 Å². The molecule has 8 nitrogen and oxygen atoms in total. The number of rotatable bonds is 6. The summed E-state index contributed by atoms with van der Waals surface area (Å²) in [6.45, 7) is 0.351. The number of carbonyl (C=O) groups excluding carboxylic acids is 1. The maximum absolute atomic E-state index is 12.2. The lowest BCUT2D eigenvalue weighted by Gasteiger charge is -2.08. The quantitative estimate of drug-likeness (QED) is 0.522. The van der Waals surface area contributed by atoms with Crippen molar-refractivity contribution in [2.24, 2.45) is 0 Å². The molecule has 3 rings (SSSR count). The smallest absolute Gasteiger partial charge is 0.311 e. The Morgan fingerprint density at radius 1 is 1.04 bits per heavy atom. The van der Waals surface area contributed by atoms with E-state index in [4.69, 9.17) is 0 Å². The third-order valence-corrected chi connectivity index (χ3v) is 3.60. The largest absolute Gasteiger partial charge is 0.360 e. The van der Waals surface area contributed by atoms with Crippen LogP contribution in [0.2, 0.25) is 0 Å². The molecule has 0 unspecified atom stereocenters. The van der Waals surface area contributed by atoms with E-state index in [0.29, 0.717) is 17.8 Å². The molecule has 0 fully saturated rings. The van der Waals surface area contributed by atoms with E-state index in [1.807, 2.05) is 0 Å². The van der Waals surface area contributed by atoms with E-state index in [1.54, 1.807) is 48.8 Å². The molecule has 0 saturated carbocycles. The second-order valence-electron chi connectivity index (χ2n) is 5.37. The van der Waals surface area contributed by atoms with Gasteiger partial charge in [0, 0.05) is 42.5 Å². The molecule has 2 N–H and O–H groups in total. The molecule has 1 amide bonds. The van der Waals surface area contributed by atoms with Gasteiger partial charge >= 0.3 is 5.69 Å². The zero-order valence-corrected chi connectivity index (χ0v) is 13.6. The number of hydrogen-bond acceptors (Lipinski definition) is 6. The maximum atomic E-state index is 12.2. The fourth-order valence-corrected chi connectivity index (χ4v) is 2.28. The molecule has 0 saturated heterocycles. The SMILES string of the molecule is O=C(Nc1ccncc1)c1ccc(CNc2ncccc2[N+](=O)[O-])cc1. The predicted molar refractivity (Wildman–Crippen MR) is 96.9 cm³/mol. The average molecular weight is 349 g/mol. The van der Waals surface area contributed by atoms with E-state index < -0.39 is 4.92 Å².